The van der Waals surface area contributed by atoms with Gasteiger partial charge in [-0.2, -0.15) is 4.52 Å². The lowest BCUT2D eigenvalue weighted by Gasteiger charge is -2.32. The van der Waals surface area contributed by atoms with Gasteiger partial charge in [0.05, 0.1) is 7.11 Å². The van der Waals surface area contributed by atoms with E-state index >= 15 is 0 Å². The summed E-state index contributed by atoms with van der Waals surface area (Å²) >= 11 is 0. The first-order valence-corrected chi connectivity index (χ1v) is 9.90. The number of fused-ring (bicyclic) bond motifs is 1. The van der Waals surface area contributed by atoms with Gasteiger partial charge in [-0.05, 0) is 67.9 Å². The van der Waals surface area contributed by atoms with E-state index in [9.17, 15) is 0 Å². The van der Waals surface area contributed by atoms with E-state index in [1.807, 2.05) is 16.6 Å². The van der Waals surface area contributed by atoms with Crippen LogP contribution in [0.25, 0.3) is 5.65 Å². The summed E-state index contributed by atoms with van der Waals surface area (Å²) in [6.07, 6.45) is 5.92. The number of benzene rings is 1. The zero-order chi connectivity index (χ0) is 18.2. The minimum Gasteiger partial charge on any atom is -0.497 e. The van der Waals surface area contributed by atoms with Crippen molar-refractivity contribution in [1.82, 2.24) is 19.8 Å². The topological polar surface area (TPSA) is 55.5 Å². The molecule has 0 bridgehead atoms. The lowest BCUT2D eigenvalue weighted by atomic mass is 9.90. The summed E-state index contributed by atoms with van der Waals surface area (Å²) in [4.78, 5) is 2.40. The number of hydrogen-bond donors (Lipinski definition) is 0. The van der Waals surface area contributed by atoms with Gasteiger partial charge in [0, 0.05) is 19.0 Å². The molecule has 0 N–H and O–H groups in total. The first-order chi connectivity index (χ1) is 13.3. The SMILES string of the molecule is COc1cccc(CC2CCN(c3ccc4nnc(C5CC5)n4n3)CC2)c1. The molecule has 0 unspecified atom stereocenters. The van der Waals surface area contributed by atoms with Crippen molar-refractivity contribution in [3.63, 3.8) is 0 Å². The molecule has 140 valence electrons. The number of hydrogen-bond acceptors (Lipinski definition) is 5. The van der Waals surface area contributed by atoms with Crippen molar-refractivity contribution in [2.45, 2.75) is 38.0 Å². The van der Waals surface area contributed by atoms with E-state index in [0.29, 0.717) is 11.8 Å². The van der Waals surface area contributed by atoms with E-state index in [1.54, 1.807) is 7.11 Å². The zero-order valence-corrected chi connectivity index (χ0v) is 15.7. The van der Waals surface area contributed by atoms with Crippen LogP contribution in [0.15, 0.2) is 36.4 Å². The highest BCUT2D eigenvalue weighted by Gasteiger charge is 2.29. The zero-order valence-electron chi connectivity index (χ0n) is 15.7. The van der Waals surface area contributed by atoms with Crippen molar-refractivity contribution in [2.75, 3.05) is 25.1 Å². The van der Waals surface area contributed by atoms with Gasteiger partial charge in [-0.1, -0.05) is 12.1 Å². The van der Waals surface area contributed by atoms with Crippen LogP contribution in [0.3, 0.4) is 0 Å². The number of aromatic nitrogens is 4. The van der Waals surface area contributed by atoms with Crippen LogP contribution < -0.4 is 9.64 Å². The van der Waals surface area contributed by atoms with Crippen molar-refractivity contribution < 1.29 is 4.74 Å². The van der Waals surface area contributed by atoms with Crippen LogP contribution in [0.4, 0.5) is 5.82 Å². The second-order valence-electron chi connectivity index (χ2n) is 7.78. The Morgan fingerprint density at radius 2 is 1.89 bits per heavy atom. The Bertz CT molecular complexity index is 941. The standard InChI is InChI=1S/C21H25N5O/c1-27-18-4-2-3-16(14-18)13-15-9-11-25(12-10-15)20-8-7-19-22-23-21(17-5-6-17)26(19)24-20/h2-4,7-8,14-15,17H,5-6,9-13H2,1H3. The van der Waals surface area contributed by atoms with Crippen molar-refractivity contribution in [1.29, 1.82) is 0 Å². The molecule has 0 spiro atoms. The van der Waals surface area contributed by atoms with Gasteiger partial charge in [-0.3, -0.25) is 0 Å². The van der Waals surface area contributed by atoms with Crippen LogP contribution in [0.1, 0.15) is 43.0 Å². The predicted molar refractivity (Wildman–Crippen MR) is 104 cm³/mol. The van der Waals surface area contributed by atoms with Gasteiger partial charge in [0.2, 0.25) is 0 Å². The van der Waals surface area contributed by atoms with Gasteiger partial charge in [-0.15, -0.1) is 15.3 Å². The summed E-state index contributed by atoms with van der Waals surface area (Å²) in [7, 11) is 1.73. The fourth-order valence-electron chi connectivity index (χ4n) is 4.06. The number of rotatable bonds is 5. The molecule has 6 nitrogen and oxygen atoms in total. The maximum atomic E-state index is 5.35. The summed E-state index contributed by atoms with van der Waals surface area (Å²) in [5.41, 5.74) is 2.22. The highest BCUT2D eigenvalue weighted by molar-refractivity contribution is 5.46. The van der Waals surface area contributed by atoms with Crippen LogP contribution >= 0.6 is 0 Å². The highest BCUT2D eigenvalue weighted by Crippen LogP contribution is 2.38. The molecule has 0 atom stereocenters. The molecule has 0 amide bonds. The smallest absolute Gasteiger partial charge is 0.178 e. The third-order valence-electron chi connectivity index (χ3n) is 5.81. The minimum absolute atomic E-state index is 0.552. The van der Waals surface area contributed by atoms with Crippen LogP contribution in [0.2, 0.25) is 0 Å². The van der Waals surface area contributed by atoms with Crippen molar-refractivity contribution >= 4 is 11.5 Å². The summed E-state index contributed by atoms with van der Waals surface area (Å²) in [6.45, 7) is 2.10. The van der Waals surface area contributed by atoms with Gasteiger partial charge in [-0.25, -0.2) is 0 Å². The maximum absolute atomic E-state index is 5.35. The molecule has 1 aromatic carbocycles. The fourth-order valence-corrected chi connectivity index (χ4v) is 4.06. The lowest BCUT2D eigenvalue weighted by Crippen LogP contribution is -2.35. The molecule has 1 saturated carbocycles. The number of nitrogens with zero attached hydrogens (tertiary/aromatic N) is 5. The molecule has 27 heavy (non-hydrogen) atoms. The molecule has 6 heteroatoms. The molecule has 5 rings (SSSR count). The maximum Gasteiger partial charge on any atom is 0.178 e. The fraction of sp³-hybridized carbons (Fsp3) is 0.476. The largest absolute Gasteiger partial charge is 0.497 e. The van der Waals surface area contributed by atoms with Gasteiger partial charge in [0.25, 0.3) is 0 Å². The highest BCUT2D eigenvalue weighted by atomic mass is 16.5. The average Bonchev–Trinajstić information content (AvgIpc) is 3.47. The molecule has 3 aromatic rings. The molecule has 2 fully saturated rings. The Kier molecular flexibility index (Phi) is 4.19. The number of ether oxygens (including phenoxy) is 1. The average molecular weight is 363 g/mol. The molecule has 1 saturated heterocycles. The third kappa shape index (κ3) is 3.36. The molecule has 3 heterocycles. The van der Waals surface area contributed by atoms with E-state index in [4.69, 9.17) is 9.84 Å². The van der Waals surface area contributed by atoms with Crippen LogP contribution in [0, 0.1) is 5.92 Å². The van der Waals surface area contributed by atoms with E-state index in [0.717, 1.165) is 42.5 Å². The van der Waals surface area contributed by atoms with Crippen LogP contribution in [0.5, 0.6) is 5.75 Å². The van der Waals surface area contributed by atoms with E-state index in [-0.39, 0.29) is 0 Å². The summed E-state index contributed by atoms with van der Waals surface area (Å²) in [6, 6.07) is 12.6. The Morgan fingerprint density at radius 3 is 2.67 bits per heavy atom. The lowest BCUT2D eigenvalue weighted by molar-refractivity contribution is 0.397. The molecule has 0 radical (unpaired) electrons. The minimum atomic E-state index is 0.552. The second-order valence-corrected chi connectivity index (χ2v) is 7.78. The predicted octanol–water partition coefficient (Wildman–Crippen LogP) is 3.47. The summed E-state index contributed by atoms with van der Waals surface area (Å²) in [5, 5.41) is 13.5. The molecular weight excluding hydrogens is 338 g/mol. The van der Waals surface area contributed by atoms with Crippen molar-refractivity contribution in [2.24, 2.45) is 5.92 Å². The quantitative estimate of drug-likeness (QED) is 0.695. The first-order valence-electron chi connectivity index (χ1n) is 9.90. The van der Waals surface area contributed by atoms with Gasteiger partial charge in [0.1, 0.15) is 11.6 Å². The van der Waals surface area contributed by atoms with E-state index in [1.165, 1.54) is 31.2 Å². The molecule has 1 aliphatic carbocycles. The molecule has 2 aromatic heterocycles. The van der Waals surface area contributed by atoms with E-state index < -0.39 is 0 Å². The Morgan fingerprint density at radius 1 is 1.04 bits per heavy atom. The monoisotopic (exact) mass is 363 g/mol. The second kappa shape index (κ2) is 6.83. The molecular formula is C21H25N5O. The van der Waals surface area contributed by atoms with Gasteiger partial charge >= 0.3 is 0 Å². The number of methoxy groups -OCH3 is 1. The Labute approximate surface area is 159 Å². The van der Waals surface area contributed by atoms with Crippen molar-refractivity contribution in [3.05, 3.63) is 47.8 Å². The Balaban J connectivity index is 1.26. The van der Waals surface area contributed by atoms with E-state index in [2.05, 4.69) is 39.4 Å². The van der Waals surface area contributed by atoms with Crippen molar-refractivity contribution in [3.8, 4) is 5.75 Å². The third-order valence-corrected chi connectivity index (χ3v) is 5.81. The van der Waals surface area contributed by atoms with Crippen LogP contribution in [-0.2, 0) is 6.42 Å². The molecule has 2 aliphatic rings. The molecule has 1 aliphatic heterocycles. The Hall–Kier alpha value is -2.63. The van der Waals surface area contributed by atoms with Gasteiger partial charge < -0.3 is 9.64 Å². The number of anilines is 1. The summed E-state index contributed by atoms with van der Waals surface area (Å²) in [5.74, 6) is 4.29. The first kappa shape index (κ1) is 16.5. The summed E-state index contributed by atoms with van der Waals surface area (Å²) < 4.78 is 7.30. The van der Waals surface area contributed by atoms with Crippen LogP contribution in [-0.4, -0.2) is 40.0 Å². The van der Waals surface area contributed by atoms with Gasteiger partial charge in [0.15, 0.2) is 11.5 Å². The normalized spacial score (nSPS) is 18.2. The number of piperidine rings is 1.